The summed E-state index contributed by atoms with van der Waals surface area (Å²) < 4.78 is 16.4. The van der Waals surface area contributed by atoms with Gasteiger partial charge in [-0.1, -0.05) is 36.4 Å². The molecule has 2 aromatic rings. The molecule has 26 heavy (non-hydrogen) atoms. The van der Waals surface area contributed by atoms with Crippen LogP contribution in [0.4, 0.5) is 0 Å². The number of rotatable bonds is 5. The zero-order valence-corrected chi connectivity index (χ0v) is 14.1. The summed E-state index contributed by atoms with van der Waals surface area (Å²) in [5.41, 5.74) is 6.62. The zero-order valence-electron chi connectivity index (χ0n) is 14.1. The number of carbonyl (C=O) groups excluding carboxylic acids is 2. The smallest absolute Gasteiger partial charge is 0.331 e. The molecule has 6 nitrogen and oxygen atoms in total. The summed E-state index contributed by atoms with van der Waals surface area (Å²) in [5.74, 6) is -0.0734. The maximum Gasteiger partial charge on any atom is 0.331 e. The zero-order chi connectivity index (χ0) is 18.4. The van der Waals surface area contributed by atoms with E-state index in [0.717, 1.165) is 12.0 Å². The molecule has 134 valence electrons. The second-order valence-corrected chi connectivity index (χ2v) is 5.72. The van der Waals surface area contributed by atoms with Gasteiger partial charge < -0.3 is 19.9 Å². The molecule has 1 unspecified atom stereocenters. The molecule has 3 rings (SSSR count). The van der Waals surface area contributed by atoms with E-state index in [1.54, 1.807) is 54.6 Å². The van der Waals surface area contributed by atoms with E-state index in [2.05, 4.69) is 0 Å². The molecule has 6 heteroatoms. The molecule has 1 aliphatic rings. The SMILES string of the molecule is NC(=O)C(OC(=O)/C=C/c1ccc2c(c1)OCCCO2)c1ccccc1. The summed E-state index contributed by atoms with van der Waals surface area (Å²) >= 11 is 0. The van der Waals surface area contributed by atoms with E-state index in [1.165, 1.54) is 6.08 Å². The van der Waals surface area contributed by atoms with Gasteiger partial charge in [0.1, 0.15) is 0 Å². The number of hydrogen-bond donors (Lipinski definition) is 1. The third kappa shape index (κ3) is 4.42. The van der Waals surface area contributed by atoms with E-state index in [1.807, 2.05) is 0 Å². The van der Waals surface area contributed by atoms with Crippen LogP contribution >= 0.6 is 0 Å². The van der Waals surface area contributed by atoms with E-state index in [0.29, 0.717) is 30.3 Å². The summed E-state index contributed by atoms with van der Waals surface area (Å²) in [6.07, 6.45) is 2.52. The molecule has 0 aliphatic carbocycles. The van der Waals surface area contributed by atoms with Crippen molar-refractivity contribution in [1.82, 2.24) is 0 Å². The van der Waals surface area contributed by atoms with Gasteiger partial charge in [-0.2, -0.15) is 0 Å². The van der Waals surface area contributed by atoms with Crippen molar-refractivity contribution in [3.63, 3.8) is 0 Å². The Balaban J connectivity index is 1.69. The van der Waals surface area contributed by atoms with Gasteiger partial charge in [-0.15, -0.1) is 0 Å². The number of amides is 1. The first-order valence-electron chi connectivity index (χ1n) is 8.26. The molecule has 1 heterocycles. The lowest BCUT2D eigenvalue weighted by Crippen LogP contribution is -2.25. The van der Waals surface area contributed by atoms with E-state index in [9.17, 15) is 9.59 Å². The number of esters is 1. The highest BCUT2D eigenvalue weighted by Gasteiger charge is 2.21. The largest absolute Gasteiger partial charge is 0.490 e. The number of carbonyl (C=O) groups is 2. The molecule has 0 spiro atoms. The van der Waals surface area contributed by atoms with E-state index >= 15 is 0 Å². The molecule has 0 saturated heterocycles. The van der Waals surface area contributed by atoms with Gasteiger partial charge in [0.15, 0.2) is 11.5 Å². The van der Waals surface area contributed by atoms with Gasteiger partial charge >= 0.3 is 5.97 Å². The van der Waals surface area contributed by atoms with Crippen molar-refractivity contribution in [3.05, 3.63) is 65.7 Å². The van der Waals surface area contributed by atoms with Crippen LogP contribution in [0.15, 0.2) is 54.6 Å². The van der Waals surface area contributed by atoms with Crippen LogP contribution in [0.2, 0.25) is 0 Å². The summed E-state index contributed by atoms with van der Waals surface area (Å²) in [6.45, 7) is 1.20. The van der Waals surface area contributed by atoms with Crippen LogP contribution in [-0.2, 0) is 14.3 Å². The van der Waals surface area contributed by atoms with Crippen molar-refractivity contribution in [2.24, 2.45) is 5.73 Å². The van der Waals surface area contributed by atoms with Crippen molar-refractivity contribution < 1.29 is 23.8 Å². The van der Waals surface area contributed by atoms with Crippen LogP contribution < -0.4 is 15.2 Å². The first-order valence-corrected chi connectivity index (χ1v) is 8.26. The van der Waals surface area contributed by atoms with Crippen molar-refractivity contribution in [2.45, 2.75) is 12.5 Å². The lowest BCUT2D eigenvalue weighted by Gasteiger charge is -2.13. The van der Waals surface area contributed by atoms with Gasteiger partial charge in [0.05, 0.1) is 13.2 Å². The molecular weight excluding hydrogens is 334 g/mol. The molecular formula is C20H19NO5. The minimum absolute atomic E-state index is 0.525. The van der Waals surface area contributed by atoms with E-state index in [-0.39, 0.29) is 0 Å². The molecule has 1 aliphatic heterocycles. The monoisotopic (exact) mass is 353 g/mol. The number of ether oxygens (including phenoxy) is 3. The van der Waals surface area contributed by atoms with Gasteiger partial charge in [0.25, 0.3) is 5.91 Å². The fourth-order valence-electron chi connectivity index (χ4n) is 2.52. The predicted molar refractivity (Wildman–Crippen MR) is 95.6 cm³/mol. The highest BCUT2D eigenvalue weighted by atomic mass is 16.5. The average molecular weight is 353 g/mol. The van der Waals surface area contributed by atoms with Crippen LogP contribution in [0.3, 0.4) is 0 Å². The van der Waals surface area contributed by atoms with E-state index in [4.69, 9.17) is 19.9 Å². The molecule has 2 N–H and O–H groups in total. The van der Waals surface area contributed by atoms with Crippen molar-refractivity contribution in [1.29, 1.82) is 0 Å². The minimum atomic E-state index is -1.13. The first kappa shape index (κ1) is 17.5. The maximum absolute atomic E-state index is 12.1. The minimum Gasteiger partial charge on any atom is -0.490 e. The summed E-state index contributed by atoms with van der Waals surface area (Å²) in [5, 5.41) is 0. The molecule has 0 saturated carbocycles. The average Bonchev–Trinajstić information content (AvgIpc) is 2.89. The van der Waals surface area contributed by atoms with Gasteiger partial charge in [0, 0.05) is 18.1 Å². The number of primary amides is 1. The topological polar surface area (TPSA) is 87.9 Å². The number of fused-ring (bicyclic) bond motifs is 1. The molecule has 2 aromatic carbocycles. The second kappa shape index (κ2) is 8.20. The van der Waals surface area contributed by atoms with Crippen molar-refractivity contribution >= 4 is 18.0 Å². The fraction of sp³-hybridized carbons (Fsp3) is 0.200. The van der Waals surface area contributed by atoms with Crippen molar-refractivity contribution in [2.75, 3.05) is 13.2 Å². The number of hydrogen-bond acceptors (Lipinski definition) is 5. The molecule has 0 fully saturated rings. The molecule has 0 aromatic heterocycles. The Morgan fingerprint density at radius 1 is 1.04 bits per heavy atom. The van der Waals surface area contributed by atoms with Gasteiger partial charge in [0.2, 0.25) is 6.10 Å². The summed E-state index contributed by atoms with van der Waals surface area (Å²) in [4.78, 5) is 23.7. The van der Waals surface area contributed by atoms with E-state index < -0.39 is 18.0 Å². The summed E-state index contributed by atoms with van der Waals surface area (Å²) in [7, 11) is 0. The Hall–Kier alpha value is -3.28. The van der Waals surface area contributed by atoms with Gasteiger partial charge in [-0.25, -0.2) is 4.79 Å². The normalized spacial score (nSPS) is 14.5. The Labute approximate surface area is 151 Å². The van der Waals surface area contributed by atoms with Crippen LogP contribution in [0.25, 0.3) is 6.08 Å². The number of benzene rings is 2. The van der Waals surface area contributed by atoms with Crippen molar-refractivity contribution in [3.8, 4) is 11.5 Å². The summed E-state index contributed by atoms with van der Waals surface area (Å²) in [6, 6.07) is 14.0. The Morgan fingerprint density at radius 2 is 1.77 bits per heavy atom. The molecule has 0 bridgehead atoms. The molecule has 1 atom stereocenters. The highest BCUT2D eigenvalue weighted by Crippen LogP contribution is 2.30. The maximum atomic E-state index is 12.1. The van der Waals surface area contributed by atoms with Crippen LogP contribution in [0, 0.1) is 0 Å². The fourth-order valence-corrected chi connectivity index (χ4v) is 2.52. The third-order valence-electron chi connectivity index (χ3n) is 3.78. The highest BCUT2D eigenvalue weighted by molar-refractivity contribution is 5.90. The predicted octanol–water partition coefficient (Wildman–Crippen LogP) is 2.63. The Morgan fingerprint density at radius 3 is 2.50 bits per heavy atom. The lowest BCUT2D eigenvalue weighted by atomic mass is 10.1. The Bertz CT molecular complexity index is 816. The van der Waals surface area contributed by atoms with Gasteiger partial charge in [-0.3, -0.25) is 4.79 Å². The van der Waals surface area contributed by atoms with Crippen LogP contribution in [0.5, 0.6) is 11.5 Å². The molecule has 1 amide bonds. The van der Waals surface area contributed by atoms with Crippen LogP contribution in [0.1, 0.15) is 23.7 Å². The quantitative estimate of drug-likeness (QED) is 0.659. The standard InChI is InChI=1S/C20H19NO5/c21-20(23)19(15-5-2-1-3-6-15)26-18(22)10-8-14-7-9-16-17(13-14)25-12-4-11-24-16/h1-3,5-10,13,19H,4,11-12H2,(H2,21,23)/b10-8+. The first-order chi connectivity index (χ1) is 12.6. The van der Waals surface area contributed by atoms with Crippen LogP contribution in [-0.4, -0.2) is 25.1 Å². The Kier molecular flexibility index (Phi) is 5.53. The second-order valence-electron chi connectivity index (χ2n) is 5.72. The molecule has 0 radical (unpaired) electrons. The lowest BCUT2D eigenvalue weighted by molar-refractivity contribution is -0.150. The number of nitrogens with two attached hydrogens (primary N) is 1. The van der Waals surface area contributed by atoms with Gasteiger partial charge in [-0.05, 0) is 23.8 Å². The third-order valence-corrected chi connectivity index (χ3v) is 3.78.